The predicted octanol–water partition coefficient (Wildman–Crippen LogP) is 5.39. The van der Waals surface area contributed by atoms with Gasteiger partial charge in [0.2, 0.25) is 6.41 Å². The fourth-order valence-corrected chi connectivity index (χ4v) is 3.77. The first kappa shape index (κ1) is 16.5. The van der Waals surface area contributed by atoms with E-state index in [4.69, 9.17) is 0 Å². The Morgan fingerprint density at radius 2 is 1.38 bits per heavy atom. The summed E-state index contributed by atoms with van der Waals surface area (Å²) >= 11 is 0. The van der Waals surface area contributed by atoms with Crippen LogP contribution in [0.3, 0.4) is 0 Å². The molecule has 1 amide bonds. The molecule has 0 aliphatic carbocycles. The van der Waals surface area contributed by atoms with Crippen molar-refractivity contribution in [3.63, 3.8) is 0 Å². The number of anilines is 1. The number of hydrogen-bond donors (Lipinski definition) is 0. The molecule has 2 heteroatoms. The third-order valence-electron chi connectivity index (χ3n) is 4.72. The van der Waals surface area contributed by atoms with Gasteiger partial charge in [0.05, 0.1) is 12.2 Å². The minimum atomic E-state index is 0.378. The molecule has 1 aliphatic rings. The van der Waals surface area contributed by atoms with E-state index < -0.39 is 0 Å². The molecule has 0 saturated heterocycles. The van der Waals surface area contributed by atoms with Gasteiger partial charge in [-0.05, 0) is 40.2 Å². The molecular weight excluding hydrogens is 294 g/mol. The first-order valence-corrected chi connectivity index (χ1v) is 8.68. The normalized spacial score (nSPS) is 17.3. The Hall–Kier alpha value is -2.35. The average Bonchev–Trinajstić information content (AvgIpc) is 2.56. The first-order valence-electron chi connectivity index (χ1n) is 8.68. The Kier molecular flexibility index (Phi) is 4.57. The van der Waals surface area contributed by atoms with Gasteiger partial charge in [0.25, 0.3) is 0 Å². The molecule has 1 aliphatic heterocycles. The third kappa shape index (κ3) is 2.77. The largest absolute Gasteiger partial charge is 0.310 e. The molecule has 1 heterocycles. The molecule has 2 aromatic carbocycles. The van der Waals surface area contributed by atoms with Crippen molar-refractivity contribution in [2.45, 2.75) is 34.2 Å². The van der Waals surface area contributed by atoms with E-state index in [1.54, 1.807) is 0 Å². The van der Waals surface area contributed by atoms with E-state index in [1.165, 1.54) is 27.8 Å². The lowest BCUT2D eigenvalue weighted by Gasteiger charge is -2.31. The van der Waals surface area contributed by atoms with Gasteiger partial charge in [-0.1, -0.05) is 70.2 Å². The van der Waals surface area contributed by atoms with Crippen LogP contribution >= 0.6 is 0 Å². The van der Waals surface area contributed by atoms with Crippen molar-refractivity contribution in [2.24, 2.45) is 11.8 Å². The smallest absolute Gasteiger partial charge is 0.214 e. The summed E-state index contributed by atoms with van der Waals surface area (Å²) in [6.07, 6.45) is 0.952. The topological polar surface area (TPSA) is 20.3 Å². The summed E-state index contributed by atoms with van der Waals surface area (Å²) in [5.41, 5.74) is 7.42. The highest BCUT2D eigenvalue weighted by Crippen LogP contribution is 2.43. The lowest BCUT2D eigenvalue weighted by molar-refractivity contribution is -0.107. The highest BCUT2D eigenvalue weighted by atomic mass is 16.1. The number of allylic oxidation sites excluding steroid dienone is 2. The maximum absolute atomic E-state index is 11.8. The van der Waals surface area contributed by atoms with Crippen LogP contribution in [0.1, 0.15) is 44.4 Å². The highest BCUT2D eigenvalue weighted by Gasteiger charge is 2.26. The third-order valence-corrected chi connectivity index (χ3v) is 4.72. The zero-order valence-electron chi connectivity index (χ0n) is 14.9. The van der Waals surface area contributed by atoms with Crippen LogP contribution < -0.4 is 4.90 Å². The van der Waals surface area contributed by atoms with Gasteiger partial charge in [0.15, 0.2) is 0 Å². The van der Waals surface area contributed by atoms with Gasteiger partial charge in [0, 0.05) is 5.56 Å². The molecule has 3 rings (SSSR count). The SMILES string of the molecule is CC(C)/C1=C(\C(C)C)c2ccccc2N(C=O)Cc2ccccc21. The van der Waals surface area contributed by atoms with E-state index in [-0.39, 0.29) is 0 Å². The Bertz CT molecular complexity index is 786. The molecule has 0 atom stereocenters. The number of carbonyl (C=O) groups is 1. The van der Waals surface area contributed by atoms with Crippen molar-refractivity contribution in [2.75, 3.05) is 4.90 Å². The Morgan fingerprint density at radius 1 is 0.833 bits per heavy atom. The molecule has 124 valence electrons. The van der Waals surface area contributed by atoms with Crippen LogP contribution in [-0.2, 0) is 11.3 Å². The van der Waals surface area contributed by atoms with Crippen LogP contribution in [0.5, 0.6) is 0 Å². The maximum atomic E-state index is 11.8. The fourth-order valence-electron chi connectivity index (χ4n) is 3.77. The molecule has 2 aromatic rings. The van der Waals surface area contributed by atoms with E-state index in [1.807, 2.05) is 11.0 Å². The molecular formula is C22H25NO. The average molecular weight is 319 g/mol. The van der Waals surface area contributed by atoms with Crippen molar-refractivity contribution >= 4 is 23.2 Å². The summed E-state index contributed by atoms with van der Waals surface area (Å²) < 4.78 is 0. The number of amides is 1. The zero-order valence-corrected chi connectivity index (χ0v) is 14.9. The second-order valence-electron chi connectivity index (χ2n) is 7.04. The number of para-hydroxylation sites is 1. The zero-order chi connectivity index (χ0) is 17.3. The van der Waals surface area contributed by atoms with Crippen molar-refractivity contribution in [1.82, 2.24) is 0 Å². The van der Waals surface area contributed by atoms with Gasteiger partial charge < -0.3 is 4.90 Å². The number of rotatable bonds is 3. The van der Waals surface area contributed by atoms with Crippen molar-refractivity contribution < 1.29 is 4.79 Å². The molecule has 24 heavy (non-hydrogen) atoms. The van der Waals surface area contributed by atoms with Gasteiger partial charge in [-0.15, -0.1) is 0 Å². The van der Waals surface area contributed by atoms with Gasteiger partial charge >= 0.3 is 0 Å². The lowest BCUT2D eigenvalue weighted by atomic mass is 9.79. The molecule has 0 fully saturated rings. The molecule has 0 radical (unpaired) electrons. The first-order chi connectivity index (χ1) is 11.5. The van der Waals surface area contributed by atoms with E-state index in [0.29, 0.717) is 18.4 Å². The van der Waals surface area contributed by atoms with Crippen LogP contribution in [0, 0.1) is 11.8 Å². The van der Waals surface area contributed by atoms with Gasteiger partial charge in [0.1, 0.15) is 0 Å². The van der Waals surface area contributed by atoms with Crippen LogP contribution in [0.2, 0.25) is 0 Å². The van der Waals surface area contributed by atoms with Gasteiger partial charge in [-0.2, -0.15) is 0 Å². The molecule has 0 unspecified atom stereocenters. The molecule has 0 spiro atoms. The summed E-state index contributed by atoms with van der Waals surface area (Å²) in [7, 11) is 0. The number of fused-ring (bicyclic) bond motifs is 2. The van der Waals surface area contributed by atoms with E-state index in [2.05, 4.69) is 70.2 Å². The van der Waals surface area contributed by atoms with Crippen LogP contribution in [-0.4, -0.2) is 6.41 Å². The van der Waals surface area contributed by atoms with Crippen molar-refractivity contribution in [3.8, 4) is 0 Å². The predicted molar refractivity (Wildman–Crippen MR) is 102 cm³/mol. The molecule has 0 saturated carbocycles. The van der Waals surface area contributed by atoms with Crippen molar-refractivity contribution in [1.29, 1.82) is 0 Å². The molecule has 0 bridgehead atoms. The van der Waals surface area contributed by atoms with Crippen LogP contribution in [0.25, 0.3) is 11.1 Å². The maximum Gasteiger partial charge on any atom is 0.214 e. The lowest BCUT2D eigenvalue weighted by Crippen LogP contribution is -2.24. The molecule has 0 aromatic heterocycles. The van der Waals surface area contributed by atoms with E-state index in [0.717, 1.165) is 12.1 Å². The minimum Gasteiger partial charge on any atom is -0.310 e. The second-order valence-corrected chi connectivity index (χ2v) is 7.04. The summed E-state index contributed by atoms with van der Waals surface area (Å²) in [6.45, 7) is 9.61. The van der Waals surface area contributed by atoms with E-state index >= 15 is 0 Å². The second kappa shape index (κ2) is 6.64. The number of carbonyl (C=O) groups excluding carboxylic acids is 1. The minimum absolute atomic E-state index is 0.378. The summed E-state index contributed by atoms with van der Waals surface area (Å²) in [4.78, 5) is 13.6. The quantitative estimate of drug-likeness (QED) is 0.695. The van der Waals surface area contributed by atoms with Crippen LogP contribution in [0.4, 0.5) is 5.69 Å². The summed E-state index contributed by atoms with van der Waals surface area (Å²) in [6, 6.07) is 16.8. The molecule has 2 nitrogen and oxygen atoms in total. The van der Waals surface area contributed by atoms with Gasteiger partial charge in [-0.25, -0.2) is 0 Å². The Balaban J connectivity index is 2.44. The summed E-state index contributed by atoms with van der Waals surface area (Å²) in [5, 5.41) is 0. The fraction of sp³-hybridized carbons (Fsp3) is 0.318. The summed E-state index contributed by atoms with van der Waals surface area (Å²) in [5.74, 6) is 0.794. The number of nitrogens with zero attached hydrogens (tertiary/aromatic N) is 1. The number of benzene rings is 2. The number of hydrogen-bond acceptors (Lipinski definition) is 1. The Labute approximate surface area is 144 Å². The van der Waals surface area contributed by atoms with Crippen LogP contribution in [0.15, 0.2) is 48.5 Å². The highest BCUT2D eigenvalue weighted by molar-refractivity contribution is 5.99. The Morgan fingerprint density at radius 3 is 2.00 bits per heavy atom. The molecule has 0 N–H and O–H groups in total. The standard InChI is InChI=1S/C22H25NO/c1-15(2)21-18-10-6-5-9-17(18)13-23(14-24)20-12-8-7-11-19(20)22(21)16(3)4/h5-12,14-16H,13H2,1-4H3/b22-21-. The van der Waals surface area contributed by atoms with Crippen molar-refractivity contribution in [3.05, 3.63) is 65.2 Å². The monoisotopic (exact) mass is 319 g/mol. The van der Waals surface area contributed by atoms with E-state index in [9.17, 15) is 4.79 Å². The van der Waals surface area contributed by atoms with Gasteiger partial charge in [-0.3, -0.25) is 4.79 Å².